The van der Waals surface area contributed by atoms with Crippen LogP contribution in [0.25, 0.3) is 0 Å². The topological polar surface area (TPSA) is 69.1 Å². The van der Waals surface area contributed by atoms with Crippen molar-refractivity contribution in [2.45, 2.75) is 0 Å². The Kier molecular flexibility index (Phi) is 56.1. The number of hydrogen-bond acceptors (Lipinski definition) is 1. The number of carbonyl (C=O) groups is 1. The monoisotopic (exact) mass is 282 g/mol. The van der Waals surface area contributed by atoms with Crippen molar-refractivity contribution in [2.75, 3.05) is 0 Å². The van der Waals surface area contributed by atoms with Gasteiger partial charge in [-0.15, -0.1) is 0 Å². The molecule has 0 atom stereocenters. The molecule has 0 spiro atoms. The molecule has 0 bridgehead atoms. The largest absolute Gasteiger partial charge is 2.00 e. The van der Waals surface area contributed by atoms with Gasteiger partial charge in [0, 0.05) is 0 Å². The summed E-state index contributed by atoms with van der Waals surface area (Å²) in [4.78, 5) is 9.00. The SMILES string of the molecule is NC(N)=O.[Br-].[Br-].[Zn+2]. The Morgan fingerprint density at radius 2 is 1.14 bits per heavy atom. The predicted octanol–water partition coefficient (Wildman–Crippen LogP) is -6.97. The van der Waals surface area contributed by atoms with Crippen LogP contribution in [0.4, 0.5) is 4.79 Å². The van der Waals surface area contributed by atoms with E-state index in [4.69, 9.17) is 4.79 Å². The molecule has 0 radical (unpaired) electrons. The second-order valence-electron chi connectivity index (χ2n) is 0.402. The number of hydrogen-bond donors (Lipinski definition) is 2. The van der Waals surface area contributed by atoms with Crippen LogP contribution in [0.2, 0.25) is 0 Å². The van der Waals surface area contributed by atoms with Gasteiger partial charge in [0.05, 0.1) is 0 Å². The Bertz CT molecular complexity index is 38.7. The molecular weight excluding hydrogens is 281 g/mol. The molecule has 0 heterocycles. The van der Waals surface area contributed by atoms with Gasteiger partial charge in [0.1, 0.15) is 0 Å². The third kappa shape index (κ3) is 222. The quantitative estimate of drug-likeness (QED) is 0.427. The molecular formula is CH4Br2N2OZn. The van der Waals surface area contributed by atoms with Crippen LogP contribution in [0.15, 0.2) is 0 Å². The molecule has 40 valence electrons. The van der Waals surface area contributed by atoms with Gasteiger partial charge in [-0.3, -0.25) is 0 Å². The van der Waals surface area contributed by atoms with E-state index < -0.39 is 6.03 Å². The molecule has 0 aliphatic carbocycles. The van der Waals surface area contributed by atoms with Crippen LogP contribution in [0.5, 0.6) is 0 Å². The average molecular weight is 285 g/mol. The molecule has 0 unspecified atom stereocenters. The second-order valence-corrected chi connectivity index (χ2v) is 0.402. The standard InChI is InChI=1S/CH4N2O.2BrH.Zn/c2-1(3)4;;;/h(H4,2,3,4);2*1H;/q;;;+2/p-2. The summed E-state index contributed by atoms with van der Waals surface area (Å²) in [6.45, 7) is 0. The number of amides is 2. The Morgan fingerprint density at radius 1 is 1.14 bits per heavy atom. The number of carbonyl (C=O) groups excluding carboxylic acids is 1. The molecule has 0 aromatic heterocycles. The van der Waals surface area contributed by atoms with Gasteiger partial charge in [-0.2, -0.15) is 0 Å². The van der Waals surface area contributed by atoms with Crippen molar-refractivity contribution in [3.8, 4) is 0 Å². The summed E-state index contributed by atoms with van der Waals surface area (Å²) in [5, 5.41) is 0. The molecule has 4 N–H and O–H groups in total. The van der Waals surface area contributed by atoms with Crippen molar-refractivity contribution < 1.29 is 58.2 Å². The van der Waals surface area contributed by atoms with E-state index in [1.165, 1.54) is 0 Å². The van der Waals surface area contributed by atoms with Crippen LogP contribution in [-0.4, -0.2) is 6.03 Å². The molecule has 0 aliphatic rings. The third-order valence-electron chi connectivity index (χ3n) is 0. The average Bonchev–Trinajstić information content (AvgIpc) is 0.811. The van der Waals surface area contributed by atoms with E-state index in [0.717, 1.165) is 0 Å². The van der Waals surface area contributed by atoms with Gasteiger partial charge in [-0.05, 0) is 0 Å². The van der Waals surface area contributed by atoms with Gasteiger partial charge < -0.3 is 45.4 Å². The van der Waals surface area contributed by atoms with Crippen molar-refractivity contribution in [3.63, 3.8) is 0 Å². The van der Waals surface area contributed by atoms with E-state index in [1.54, 1.807) is 0 Å². The van der Waals surface area contributed by atoms with Crippen LogP contribution >= 0.6 is 0 Å². The number of halogens is 2. The van der Waals surface area contributed by atoms with Gasteiger partial charge in [-0.1, -0.05) is 0 Å². The summed E-state index contributed by atoms with van der Waals surface area (Å²) >= 11 is 0. The fourth-order valence-electron chi connectivity index (χ4n) is 0. The summed E-state index contributed by atoms with van der Waals surface area (Å²) < 4.78 is 0. The van der Waals surface area contributed by atoms with Gasteiger partial charge in [-0.25, -0.2) is 4.79 Å². The fourth-order valence-corrected chi connectivity index (χ4v) is 0. The smallest absolute Gasteiger partial charge is 1.00 e. The van der Waals surface area contributed by atoms with Gasteiger partial charge in [0.2, 0.25) is 0 Å². The van der Waals surface area contributed by atoms with Gasteiger partial charge in [0.25, 0.3) is 0 Å². The zero-order valence-corrected chi connectivity index (χ0v) is 9.67. The van der Waals surface area contributed by atoms with Crippen LogP contribution in [0.1, 0.15) is 0 Å². The zero-order chi connectivity index (χ0) is 3.58. The van der Waals surface area contributed by atoms with E-state index >= 15 is 0 Å². The second kappa shape index (κ2) is 15.8. The van der Waals surface area contributed by atoms with E-state index in [0.29, 0.717) is 0 Å². The first-order chi connectivity index (χ1) is 1.73. The molecule has 2 amide bonds. The van der Waals surface area contributed by atoms with Crippen LogP contribution in [0.3, 0.4) is 0 Å². The van der Waals surface area contributed by atoms with E-state index in [-0.39, 0.29) is 53.4 Å². The summed E-state index contributed by atoms with van der Waals surface area (Å²) in [5.41, 5.74) is 8.50. The Balaban J connectivity index is -0.0000000150. The molecule has 0 fully saturated rings. The minimum absolute atomic E-state index is 0. The number of rotatable bonds is 0. The van der Waals surface area contributed by atoms with Gasteiger partial charge >= 0.3 is 25.5 Å². The number of nitrogens with two attached hydrogens (primary N) is 2. The first-order valence-corrected chi connectivity index (χ1v) is 0.781. The third-order valence-corrected chi connectivity index (χ3v) is 0. The van der Waals surface area contributed by atoms with Crippen LogP contribution in [-0.2, 0) is 19.5 Å². The molecule has 0 aromatic rings. The van der Waals surface area contributed by atoms with Crippen molar-refractivity contribution in [1.29, 1.82) is 0 Å². The Hall–Kier alpha value is 0.853. The molecule has 0 saturated heterocycles. The van der Waals surface area contributed by atoms with Crippen molar-refractivity contribution in [1.82, 2.24) is 0 Å². The molecule has 0 aromatic carbocycles. The summed E-state index contributed by atoms with van der Waals surface area (Å²) in [6, 6.07) is -0.833. The molecule has 0 aliphatic heterocycles. The molecule has 7 heavy (non-hydrogen) atoms. The maximum absolute atomic E-state index is 9.00. The molecule has 6 heteroatoms. The molecule has 0 saturated carbocycles. The summed E-state index contributed by atoms with van der Waals surface area (Å²) in [7, 11) is 0. The minimum atomic E-state index is -0.833. The first kappa shape index (κ1) is 24.8. The number of urea groups is 1. The fraction of sp³-hybridized carbons (Fsp3) is 0. The van der Waals surface area contributed by atoms with Crippen molar-refractivity contribution in [2.24, 2.45) is 11.5 Å². The maximum Gasteiger partial charge on any atom is 2.00 e. The van der Waals surface area contributed by atoms with Gasteiger partial charge in [0.15, 0.2) is 0 Å². The van der Waals surface area contributed by atoms with Crippen LogP contribution < -0.4 is 45.4 Å². The number of primary amides is 2. The summed E-state index contributed by atoms with van der Waals surface area (Å²) in [5.74, 6) is 0. The molecule has 3 nitrogen and oxygen atoms in total. The summed E-state index contributed by atoms with van der Waals surface area (Å²) in [6.07, 6.45) is 0. The normalized spacial score (nSPS) is 3.43. The zero-order valence-electron chi connectivity index (χ0n) is 3.53. The molecule has 0 rings (SSSR count). The first-order valence-electron chi connectivity index (χ1n) is 0.781. The van der Waals surface area contributed by atoms with Crippen LogP contribution in [0, 0.1) is 0 Å². The maximum atomic E-state index is 9.00. The predicted molar refractivity (Wildman–Crippen MR) is 13.8 cm³/mol. The van der Waals surface area contributed by atoms with E-state index in [9.17, 15) is 0 Å². The van der Waals surface area contributed by atoms with Crippen molar-refractivity contribution in [3.05, 3.63) is 0 Å². The van der Waals surface area contributed by atoms with E-state index in [2.05, 4.69) is 11.5 Å². The van der Waals surface area contributed by atoms with E-state index in [1.807, 2.05) is 0 Å². The van der Waals surface area contributed by atoms with Crippen molar-refractivity contribution >= 4 is 6.03 Å². The Morgan fingerprint density at radius 3 is 1.14 bits per heavy atom. The minimum Gasteiger partial charge on any atom is -1.00 e. The Labute approximate surface area is 75.5 Å².